The van der Waals surface area contributed by atoms with Gasteiger partial charge >= 0.3 is 0 Å². The molecule has 1 aromatic rings. The molecular weight excluding hydrogens is 217 g/mol. The van der Waals surface area contributed by atoms with E-state index >= 15 is 0 Å². The highest BCUT2D eigenvalue weighted by Gasteiger charge is 2.22. The molecule has 94 valence electrons. The molecule has 1 saturated carbocycles. The fraction of sp³-hybridized carbons (Fsp3) is 0.571. The van der Waals surface area contributed by atoms with Crippen LogP contribution in [0, 0.1) is 11.7 Å². The summed E-state index contributed by atoms with van der Waals surface area (Å²) in [5.41, 5.74) is 0.935. The summed E-state index contributed by atoms with van der Waals surface area (Å²) in [6, 6.07) is 5.33. The third-order valence-corrected chi connectivity index (χ3v) is 2.83. The molecule has 1 aromatic carbocycles. The van der Waals surface area contributed by atoms with Crippen molar-refractivity contribution in [1.82, 2.24) is 5.32 Å². The van der Waals surface area contributed by atoms with Crippen LogP contribution in [0.15, 0.2) is 18.2 Å². The van der Waals surface area contributed by atoms with Crippen molar-refractivity contribution in [2.75, 3.05) is 6.61 Å². The Hall–Kier alpha value is -1.09. The Morgan fingerprint density at radius 1 is 1.35 bits per heavy atom. The molecule has 3 heteroatoms. The van der Waals surface area contributed by atoms with Crippen LogP contribution >= 0.6 is 0 Å². The van der Waals surface area contributed by atoms with E-state index in [1.807, 2.05) is 6.07 Å². The van der Waals surface area contributed by atoms with Crippen LogP contribution in [0.5, 0.6) is 5.75 Å². The maximum atomic E-state index is 13.4. The summed E-state index contributed by atoms with van der Waals surface area (Å²) in [5.74, 6) is 1.12. The van der Waals surface area contributed by atoms with Gasteiger partial charge in [0.1, 0.15) is 11.6 Å². The molecule has 0 bridgehead atoms. The minimum absolute atomic E-state index is 0.223. The molecule has 1 aliphatic carbocycles. The van der Waals surface area contributed by atoms with Crippen molar-refractivity contribution in [2.45, 2.75) is 39.3 Å². The number of nitrogens with one attached hydrogen (secondary N) is 1. The predicted octanol–water partition coefficient (Wildman–Crippen LogP) is 3.11. The molecule has 0 radical (unpaired) electrons. The van der Waals surface area contributed by atoms with E-state index in [2.05, 4.69) is 19.2 Å². The van der Waals surface area contributed by atoms with Crippen molar-refractivity contribution in [2.24, 2.45) is 5.92 Å². The number of ether oxygens (including phenoxy) is 1. The minimum atomic E-state index is -0.223. The Labute approximate surface area is 102 Å². The van der Waals surface area contributed by atoms with Crippen molar-refractivity contribution < 1.29 is 9.13 Å². The van der Waals surface area contributed by atoms with Gasteiger partial charge in [-0.15, -0.1) is 0 Å². The third kappa shape index (κ3) is 4.35. The van der Waals surface area contributed by atoms with Gasteiger partial charge in [0, 0.05) is 18.7 Å². The summed E-state index contributed by atoms with van der Waals surface area (Å²) in [5, 5.41) is 3.27. The Morgan fingerprint density at radius 3 is 2.76 bits per heavy atom. The first kappa shape index (κ1) is 12.4. The van der Waals surface area contributed by atoms with E-state index in [4.69, 9.17) is 4.74 Å². The maximum Gasteiger partial charge on any atom is 0.127 e. The summed E-state index contributed by atoms with van der Waals surface area (Å²) in [4.78, 5) is 0. The average Bonchev–Trinajstić information content (AvgIpc) is 3.07. The van der Waals surface area contributed by atoms with Crippen molar-refractivity contribution in [1.29, 1.82) is 0 Å². The molecule has 0 unspecified atom stereocenters. The van der Waals surface area contributed by atoms with E-state index in [0.717, 1.165) is 12.2 Å². The maximum absolute atomic E-state index is 13.4. The Kier molecular flexibility index (Phi) is 4.00. The van der Waals surface area contributed by atoms with Gasteiger partial charge in [-0.3, -0.25) is 0 Å². The molecule has 0 amide bonds. The van der Waals surface area contributed by atoms with Gasteiger partial charge in [-0.05, 0) is 36.5 Å². The van der Waals surface area contributed by atoms with Crippen LogP contribution in [0.1, 0.15) is 32.3 Å². The summed E-state index contributed by atoms with van der Waals surface area (Å²) in [7, 11) is 0. The zero-order valence-corrected chi connectivity index (χ0v) is 10.5. The molecule has 1 N–H and O–H groups in total. The smallest absolute Gasteiger partial charge is 0.127 e. The van der Waals surface area contributed by atoms with Gasteiger partial charge in [-0.2, -0.15) is 0 Å². The molecule has 17 heavy (non-hydrogen) atoms. The van der Waals surface area contributed by atoms with E-state index in [1.54, 1.807) is 6.07 Å². The second-order valence-corrected chi connectivity index (χ2v) is 5.09. The molecule has 0 saturated heterocycles. The van der Waals surface area contributed by atoms with Gasteiger partial charge in [0.05, 0.1) is 6.61 Å². The Morgan fingerprint density at radius 2 is 2.12 bits per heavy atom. The van der Waals surface area contributed by atoms with Crippen molar-refractivity contribution in [3.05, 3.63) is 29.6 Å². The van der Waals surface area contributed by atoms with E-state index in [0.29, 0.717) is 24.3 Å². The predicted molar refractivity (Wildman–Crippen MR) is 66.6 cm³/mol. The van der Waals surface area contributed by atoms with E-state index in [1.165, 1.54) is 18.9 Å². The molecule has 0 atom stereocenters. The molecule has 0 spiro atoms. The van der Waals surface area contributed by atoms with Crippen LogP contribution in [0.4, 0.5) is 4.39 Å². The molecule has 0 heterocycles. The zero-order chi connectivity index (χ0) is 12.3. The van der Waals surface area contributed by atoms with Crippen molar-refractivity contribution in [3.63, 3.8) is 0 Å². The summed E-state index contributed by atoms with van der Waals surface area (Å²) in [6.45, 7) is 5.54. The molecule has 2 rings (SSSR count). The van der Waals surface area contributed by atoms with Gasteiger partial charge in [0.25, 0.3) is 0 Å². The quantitative estimate of drug-likeness (QED) is 0.820. The molecule has 2 nitrogen and oxygen atoms in total. The lowest BCUT2D eigenvalue weighted by Crippen LogP contribution is -2.21. The molecule has 0 aliphatic heterocycles. The van der Waals surface area contributed by atoms with Gasteiger partial charge in [-0.25, -0.2) is 4.39 Å². The molecule has 1 aliphatic rings. The molecular formula is C14H20FNO. The number of halogens is 1. The monoisotopic (exact) mass is 237 g/mol. The second-order valence-electron chi connectivity index (χ2n) is 5.09. The van der Waals surface area contributed by atoms with Crippen LogP contribution in [0.25, 0.3) is 0 Å². The standard InChI is InChI=1S/C14H20FNO/c1-10(2)16-8-12-5-13(15)7-14(6-12)17-9-11-3-4-11/h5-7,10-11,16H,3-4,8-9H2,1-2H3. The van der Waals surface area contributed by atoms with Crippen molar-refractivity contribution >= 4 is 0 Å². The van der Waals surface area contributed by atoms with Gasteiger partial charge < -0.3 is 10.1 Å². The fourth-order valence-corrected chi connectivity index (χ4v) is 1.63. The van der Waals surface area contributed by atoms with E-state index in [-0.39, 0.29) is 5.82 Å². The largest absolute Gasteiger partial charge is 0.493 e. The zero-order valence-electron chi connectivity index (χ0n) is 10.5. The minimum Gasteiger partial charge on any atom is -0.493 e. The normalized spacial score (nSPS) is 15.3. The Balaban J connectivity index is 1.94. The average molecular weight is 237 g/mol. The SMILES string of the molecule is CC(C)NCc1cc(F)cc(OCC2CC2)c1. The van der Waals surface area contributed by atoms with Gasteiger partial charge in [0.2, 0.25) is 0 Å². The van der Waals surface area contributed by atoms with E-state index in [9.17, 15) is 4.39 Å². The van der Waals surface area contributed by atoms with Crippen LogP contribution in [0.3, 0.4) is 0 Å². The van der Waals surface area contributed by atoms with Crippen molar-refractivity contribution in [3.8, 4) is 5.75 Å². The van der Waals surface area contributed by atoms with Crippen LogP contribution in [-0.2, 0) is 6.54 Å². The molecule has 1 fully saturated rings. The van der Waals surface area contributed by atoms with Gasteiger partial charge in [0.15, 0.2) is 0 Å². The first-order chi connectivity index (χ1) is 8.13. The van der Waals surface area contributed by atoms with E-state index < -0.39 is 0 Å². The highest BCUT2D eigenvalue weighted by molar-refractivity contribution is 5.29. The fourth-order valence-electron chi connectivity index (χ4n) is 1.63. The third-order valence-electron chi connectivity index (χ3n) is 2.83. The summed E-state index contributed by atoms with van der Waals surface area (Å²) < 4.78 is 19.0. The second kappa shape index (κ2) is 5.50. The lowest BCUT2D eigenvalue weighted by atomic mass is 10.2. The van der Waals surface area contributed by atoms with Crippen LogP contribution in [0.2, 0.25) is 0 Å². The van der Waals surface area contributed by atoms with Crippen LogP contribution in [-0.4, -0.2) is 12.6 Å². The number of rotatable bonds is 6. The highest BCUT2D eigenvalue weighted by Crippen LogP contribution is 2.29. The van der Waals surface area contributed by atoms with Crippen LogP contribution < -0.4 is 10.1 Å². The summed E-state index contributed by atoms with van der Waals surface area (Å²) >= 11 is 0. The summed E-state index contributed by atoms with van der Waals surface area (Å²) in [6.07, 6.45) is 2.49. The highest BCUT2D eigenvalue weighted by atomic mass is 19.1. The lowest BCUT2D eigenvalue weighted by Gasteiger charge is -2.11. The number of benzene rings is 1. The first-order valence-electron chi connectivity index (χ1n) is 6.29. The first-order valence-corrected chi connectivity index (χ1v) is 6.29. The number of hydrogen-bond acceptors (Lipinski definition) is 2. The van der Waals surface area contributed by atoms with Gasteiger partial charge in [-0.1, -0.05) is 13.8 Å². The Bertz CT molecular complexity index is 350. The topological polar surface area (TPSA) is 21.3 Å². The lowest BCUT2D eigenvalue weighted by molar-refractivity contribution is 0.298. The molecule has 0 aromatic heterocycles. The number of hydrogen-bond donors (Lipinski definition) is 1.